The van der Waals surface area contributed by atoms with E-state index in [4.69, 9.17) is 23.8 Å². The van der Waals surface area contributed by atoms with Gasteiger partial charge in [-0.3, -0.25) is 10.2 Å². The van der Waals surface area contributed by atoms with Crippen molar-refractivity contribution in [2.75, 3.05) is 67.8 Å². The average molecular weight is 656 g/mol. The molecule has 0 spiro atoms. The Balaban J connectivity index is 1.64. The molecule has 258 valence electrons. The van der Waals surface area contributed by atoms with Crippen molar-refractivity contribution < 1.29 is 33.7 Å². The summed E-state index contributed by atoms with van der Waals surface area (Å²) >= 11 is 0. The lowest BCUT2D eigenvalue weighted by Gasteiger charge is -2.38. The Morgan fingerprint density at radius 2 is 1.89 bits per heavy atom. The van der Waals surface area contributed by atoms with Crippen molar-refractivity contribution in [2.45, 2.75) is 51.0 Å². The van der Waals surface area contributed by atoms with Gasteiger partial charge in [-0.05, 0) is 74.5 Å². The molecule has 3 rings (SSSR count). The summed E-state index contributed by atoms with van der Waals surface area (Å²) in [5.41, 5.74) is 4.07. The second-order valence-electron chi connectivity index (χ2n) is 12.2. The molecule has 1 aliphatic heterocycles. The topological polar surface area (TPSA) is 149 Å². The second kappa shape index (κ2) is 18.3. The van der Waals surface area contributed by atoms with Crippen LogP contribution in [0.15, 0.2) is 42.5 Å². The van der Waals surface area contributed by atoms with E-state index >= 15 is 0 Å². The van der Waals surface area contributed by atoms with Crippen LogP contribution in [0, 0.1) is 33.3 Å². The largest absolute Gasteiger partial charge is 0.493 e. The summed E-state index contributed by atoms with van der Waals surface area (Å²) in [6.07, 6.45) is 2.32. The van der Waals surface area contributed by atoms with Crippen LogP contribution in [0.1, 0.15) is 44.2 Å². The molecule has 47 heavy (non-hydrogen) atoms. The van der Waals surface area contributed by atoms with E-state index in [1.165, 1.54) is 7.11 Å². The molecule has 0 saturated carbocycles. The van der Waals surface area contributed by atoms with Crippen molar-refractivity contribution in [3.05, 3.63) is 63.7 Å². The number of likely N-dealkylation sites (N-methyl/N-ethyl adjacent to an activating group) is 1. The van der Waals surface area contributed by atoms with Gasteiger partial charge in [0.1, 0.15) is 25.1 Å². The van der Waals surface area contributed by atoms with Gasteiger partial charge in [-0.25, -0.2) is 5.01 Å². The van der Waals surface area contributed by atoms with Crippen LogP contribution >= 0.6 is 0 Å². The fourth-order valence-electron chi connectivity index (χ4n) is 6.06. The summed E-state index contributed by atoms with van der Waals surface area (Å²) in [6, 6.07) is 16.1. The number of para-hydroxylation sites is 1. The number of benzene rings is 2. The number of nitrogens with one attached hydrogen (secondary N) is 1. The Labute approximate surface area is 277 Å². The number of carbonyl (C=O) groups is 1. The molecule has 2 aromatic rings. The number of carbonyl (C=O) groups excluding carboxylic acids is 1. The van der Waals surface area contributed by atoms with Crippen LogP contribution in [0.2, 0.25) is 0 Å². The van der Waals surface area contributed by atoms with E-state index in [0.29, 0.717) is 49.6 Å². The van der Waals surface area contributed by atoms with E-state index in [1.54, 1.807) is 19.2 Å². The van der Waals surface area contributed by atoms with Gasteiger partial charge in [0.05, 0.1) is 32.2 Å². The van der Waals surface area contributed by atoms with Crippen LogP contribution in [0.4, 0.5) is 0 Å². The van der Waals surface area contributed by atoms with Gasteiger partial charge in [-0.15, -0.1) is 10.1 Å². The van der Waals surface area contributed by atoms with Gasteiger partial charge in [-0.2, -0.15) is 5.26 Å². The van der Waals surface area contributed by atoms with E-state index in [9.17, 15) is 20.2 Å². The molecule has 1 saturated heterocycles. The Morgan fingerprint density at radius 1 is 1.15 bits per heavy atom. The lowest BCUT2D eigenvalue weighted by atomic mass is 9.69. The normalized spacial score (nSPS) is 17.9. The first-order chi connectivity index (χ1) is 22.6. The van der Waals surface area contributed by atoms with Gasteiger partial charge in [0.25, 0.3) is 11.0 Å². The van der Waals surface area contributed by atoms with Crippen molar-refractivity contribution >= 4 is 5.91 Å². The molecule has 0 radical (unpaired) electrons. The summed E-state index contributed by atoms with van der Waals surface area (Å²) < 4.78 is 22.3. The van der Waals surface area contributed by atoms with Gasteiger partial charge in [0, 0.05) is 26.1 Å². The first-order valence-electron chi connectivity index (χ1n) is 15.9. The first kappa shape index (κ1) is 37.3. The average Bonchev–Trinajstić information content (AvgIpc) is 3.05. The van der Waals surface area contributed by atoms with Crippen LogP contribution in [-0.2, 0) is 26.2 Å². The highest BCUT2D eigenvalue weighted by atomic mass is 16.9. The van der Waals surface area contributed by atoms with Crippen molar-refractivity contribution in [1.29, 1.82) is 5.26 Å². The number of hydrogen-bond donors (Lipinski definition) is 1. The number of rotatable bonds is 19. The van der Waals surface area contributed by atoms with Crippen LogP contribution in [0.5, 0.6) is 17.2 Å². The maximum Gasteiger partial charge on any atom is 0.294 e. The predicted octanol–water partition coefficient (Wildman–Crippen LogP) is 4.03. The number of ether oxygens (including phenoxy) is 4. The highest BCUT2D eigenvalue weighted by molar-refractivity contribution is 5.76. The molecule has 13 heteroatoms. The maximum atomic E-state index is 12.1. The van der Waals surface area contributed by atoms with Crippen LogP contribution in [0.3, 0.4) is 0 Å². The minimum atomic E-state index is -0.788. The Kier molecular flexibility index (Phi) is 14.5. The predicted molar refractivity (Wildman–Crippen MR) is 176 cm³/mol. The molecule has 1 amide bonds. The third-order valence-corrected chi connectivity index (χ3v) is 8.86. The monoisotopic (exact) mass is 655 g/mol. The number of hydrogen-bond acceptors (Lipinski definition) is 11. The zero-order chi connectivity index (χ0) is 34.4. The van der Waals surface area contributed by atoms with Crippen LogP contribution in [0.25, 0.3) is 0 Å². The Bertz CT molecular complexity index is 1350. The Morgan fingerprint density at radius 3 is 2.55 bits per heavy atom. The fraction of sp³-hybridized carbons (Fsp3) is 0.588. The van der Waals surface area contributed by atoms with E-state index in [-0.39, 0.29) is 31.0 Å². The van der Waals surface area contributed by atoms with Crippen molar-refractivity contribution in [3.8, 4) is 23.3 Å². The van der Waals surface area contributed by atoms with Crippen molar-refractivity contribution in [3.63, 3.8) is 0 Å². The lowest BCUT2D eigenvalue weighted by Crippen LogP contribution is -2.55. The van der Waals surface area contributed by atoms with Crippen molar-refractivity contribution in [1.82, 2.24) is 15.3 Å². The SMILES string of the molecule is COCC(=O)NN1CCC(CO[N+](=O)[O-])C(Oc2ccccc2CCN(C)CCCC(C#N)(c2ccc(OC)c(OC)c2)C(C)C)C1. The van der Waals surface area contributed by atoms with Gasteiger partial charge in [0.2, 0.25) is 0 Å². The van der Waals surface area contributed by atoms with E-state index in [0.717, 1.165) is 30.6 Å². The highest BCUT2D eigenvalue weighted by Gasteiger charge is 2.36. The van der Waals surface area contributed by atoms with Gasteiger partial charge >= 0.3 is 0 Å². The number of amides is 1. The molecular formula is C34H49N5O8. The number of nitriles is 1. The summed E-state index contributed by atoms with van der Waals surface area (Å²) in [7, 11) is 6.71. The molecule has 0 aromatic heterocycles. The van der Waals surface area contributed by atoms with Crippen LogP contribution < -0.4 is 19.6 Å². The third kappa shape index (κ3) is 10.4. The molecule has 1 heterocycles. The maximum absolute atomic E-state index is 12.1. The minimum Gasteiger partial charge on any atom is -0.493 e. The van der Waals surface area contributed by atoms with E-state index in [2.05, 4.69) is 37.3 Å². The summed E-state index contributed by atoms with van der Waals surface area (Å²) in [4.78, 5) is 30.0. The fourth-order valence-corrected chi connectivity index (χ4v) is 6.06. The van der Waals surface area contributed by atoms with Crippen molar-refractivity contribution in [2.24, 2.45) is 11.8 Å². The number of hydrazine groups is 1. The lowest BCUT2D eigenvalue weighted by molar-refractivity contribution is -0.759. The molecule has 3 atom stereocenters. The van der Waals surface area contributed by atoms with Gasteiger partial charge in [0.15, 0.2) is 11.5 Å². The molecule has 1 fully saturated rings. The summed E-state index contributed by atoms with van der Waals surface area (Å²) in [5.74, 6) is 1.50. The first-order valence-corrected chi connectivity index (χ1v) is 15.9. The zero-order valence-corrected chi connectivity index (χ0v) is 28.4. The van der Waals surface area contributed by atoms with Gasteiger partial charge < -0.3 is 28.7 Å². The summed E-state index contributed by atoms with van der Waals surface area (Å²) in [5, 5.41) is 22.3. The van der Waals surface area contributed by atoms with E-state index < -0.39 is 16.6 Å². The van der Waals surface area contributed by atoms with E-state index in [1.807, 2.05) is 42.5 Å². The zero-order valence-electron chi connectivity index (χ0n) is 28.4. The molecule has 2 aromatic carbocycles. The number of methoxy groups -OCH3 is 3. The molecule has 13 nitrogen and oxygen atoms in total. The molecule has 0 aliphatic carbocycles. The second-order valence-corrected chi connectivity index (χ2v) is 12.2. The molecule has 0 bridgehead atoms. The standard InChI is InChI=1S/C34H49N5O8/c1-25(2)34(24-35,28-12-13-30(44-5)31(20-28)45-6)16-9-17-37(3)18-14-26-10-7-8-11-29(26)47-32-21-38(36-33(40)23-43-4)19-15-27(32)22-46-39(41)42/h7-8,10-13,20,25,27,32H,9,14-19,21-23H2,1-6H3,(H,36,40). The Hall–Kier alpha value is -4.12. The third-order valence-electron chi connectivity index (χ3n) is 8.86. The highest BCUT2D eigenvalue weighted by Crippen LogP contribution is 2.40. The molecule has 3 unspecified atom stereocenters. The molecule has 1 N–H and O–H groups in total. The molecular weight excluding hydrogens is 606 g/mol. The minimum absolute atomic E-state index is 0.0720. The van der Waals surface area contributed by atoms with Gasteiger partial charge in [-0.1, -0.05) is 38.1 Å². The molecule has 1 aliphatic rings. The smallest absolute Gasteiger partial charge is 0.294 e. The number of piperidine rings is 1. The number of nitrogens with zero attached hydrogens (tertiary/aromatic N) is 4. The van der Waals surface area contributed by atoms with Crippen LogP contribution in [-0.4, -0.2) is 94.8 Å². The summed E-state index contributed by atoms with van der Waals surface area (Å²) in [6.45, 7) is 6.39. The quantitative estimate of drug-likeness (QED) is 0.173.